The number of ether oxygens (including phenoxy) is 3. The molecule has 61 heavy (non-hydrogen) atoms. The van der Waals surface area contributed by atoms with Gasteiger partial charge in [-0.05, 0) is 89.9 Å². The van der Waals surface area contributed by atoms with E-state index in [9.17, 15) is 14.4 Å². The number of hydrogen-bond acceptors (Lipinski definition) is 6. The average Bonchev–Trinajstić information content (AvgIpc) is 3.26. The highest BCUT2D eigenvalue weighted by Crippen LogP contribution is 2.14. The molecule has 6 nitrogen and oxygen atoms in total. The van der Waals surface area contributed by atoms with E-state index in [1.807, 2.05) is 0 Å². The molecular formula is C55H94O6. The molecule has 0 aliphatic carbocycles. The molecule has 1 atom stereocenters. The van der Waals surface area contributed by atoms with Crippen LogP contribution in [0.15, 0.2) is 72.9 Å². The van der Waals surface area contributed by atoms with Gasteiger partial charge in [0.1, 0.15) is 13.2 Å². The molecule has 0 aromatic heterocycles. The van der Waals surface area contributed by atoms with Crippen molar-refractivity contribution in [3.8, 4) is 0 Å². The molecule has 0 amide bonds. The highest BCUT2D eigenvalue weighted by molar-refractivity contribution is 5.71. The smallest absolute Gasteiger partial charge is 0.306 e. The topological polar surface area (TPSA) is 78.9 Å². The number of unbranched alkanes of at least 4 members (excludes halogenated alkanes) is 22. The summed E-state index contributed by atoms with van der Waals surface area (Å²) in [6, 6.07) is 0. The van der Waals surface area contributed by atoms with Crippen molar-refractivity contribution in [2.45, 2.75) is 245 Å². The number of carbonyl (C=O) groups is 3. The van der Waals surface area contributed by atoms with Gasteiger partial charge in [0.25, 0.3) is 0 Å². The second kappa shape index (κ2) is 49.5. The molecule has 0 saturated carbocycles. The zero-order chi connectivity index (χ0) is 44.4. The first-order chi connectivity index (χ1) is 30.0. The fourth-order valence-corrected chi connectivity index (χ4v) is 6.87. The van der Waals surface area contributed by atoms with Crippen LogP contribution in [0.3, 0.4) is 0 Å². The second-order valence-corrected chi connectivity index (χ2v) is 16.7. The summed E-state index contributed by atoms with van der Waals surface area (Å²) >= 11 is 0. The normalized spacial score (nSPS) is 12.6. The number of hydrogen-bond donors (Lipinski definition) is 0. The van der Waals surface area contributed by atoms with Gasteiger partial charge in [-0.1, -0.05) is 203 Å². The number of allylic oxidation sites excluding steroid dienone is 12. The highest BCUT2D eigenvalue weighted by Gasteiger charge is 2.19. The molecule has 0 saturated heterocycles. The summed E-state index contributed by atoms with van der Waals surface area (Å²) in [7, 11) is 0. The van der Waals surface area contributed by atoms with Gasteiger partial charge in [0.2, 0.25) is 0 Å². The molecule has 0 heterocycles. The van der Waals surface area contributed by atoms with E-state index >= 15 is 0 Å². The SMILES string of the molecule is CC/C=C\C/C=C\C/C=C\C/C=C\CCCCCCCCC(=O)OCC(COC(=O)CCCCCCCCCCC)OC(=O)CCCCCCC/C=C\C/C=C\CCCCC. The number of rotatable bonds is 45. The molecule has 0 radical (unpaired) electrons. The Morgan fingerprint density at radius 2 is 0.639 bits per heavy atom. The van der Waals surface area contributed by atoms with E-state index in [0.29, 0.717) is 19.3 Å². The Bertz CT molecular complexity index is 1160. The predicted octanol–water partition coefficient (Wildman–Crippen LogP) is 16.6. The highest BCUT2D eigenvalue weighted by atomic mass is 16.6. The van der Waals surface area contributed by atoms with Crippen molar-refractivity contribution in [3.05, 3.63) is 72.9 Å². The molecule has 0 N–H and O–H groups in total. The van der Waals surface area contributed by atoms with Crippen LogP contribution < -0.4 is 0 Å². The third-order valence-corrected chi connectivity index (χ3v) is 10.7. The Kier molecular flexibility index (Phi) is 46.9. The lowest BCUT2D eigenvalue weighted by Gasteiger charge is -2.18. The maximum Gasteiger partial charge on any atom is 0.306 e. The lowest BCUT2D eigenvalue weighted by Crippen LogP contribution is -2.30. The van der Waals surface area contributed by atoms with E-state index in [1.54, 1.807) is 0 Å². The Morgan fingerprint density at radius 1 is 0.344 bits per heavy atom. The van der Waals surface area contributed by atoms with Crippen molar-refractivity contribution in [3.63, 3.8) is 0 Å². The molecular weight excluding hydrogens is 757 g/mol. The van der Waals surface area contributed by atoms with Crippen molar-refractivity contribution in [1.29, 1.82) is 0 Å². The molecule has 6 heteroatoms. The molecule has 0 aromatic carbocycles. The van der Waals surface area contributed by atoms with E-state index in [-0.39, 0.29) is 31.1 Å². The summed E-state index contributed by atoms with van der Waals surface area (Å²) in [6.45, 7) is 6.45. The fraction of sp³-hybridized carbons (Fsp3) is 0.727. The maximum atomic E-state index is 12.8. The maximum absolute atomic E-state index is 12.8. The largest absolute Gasteiger partial charge is 0.462 e. The minimum atomic E-state index is -0.785. The van der Waals surface area contributed by atoms with Gasteiger partial charge in [-0.25, -0.2) is 0 Å². The van der Waals surface area contributed by atoms with Crippen LogP contribution in [0.1, 0.15) is 239 Å². The van der Waals surface area contributed by atoms with Crippen LogP contribution in [0.25, 0.3) is 0 Å². The van der Waals surface area contributed by atoms with Gasteiger partial charge in [0.05, 0.1) is 0 Å². The van der Waals surface area contributed by atoms with Gasteiger partial charge in [0, 0.05) is 19.3 Å². The van der Waals surface area contributed by atoms with Gasteiger partial charge < -0.3 is 14.2 Å². The zero-order valence-electron chi connectivity index (χ0n) is 39.9. The van der Waals surface area contributed by atoms with Crippen LogP contribution in [0.2, 0.25) is 0 Å². The number of carbonyl (C=O) groups excluding carboxylic acids is 3. The molecule has 0 aromatic rings. The average molecular weight is 851 g/mol. The van der Waals surface area contributed by atoms with Crippen LogP contribution in [0.4, 0.5) is 0 Å². The first-order valence-electron chi connectivity index (χ1n) is 25.4. The van der Waals surface area contributed by atoms with Crippen molar-refractivity contribution < 1.29 is 28.6 Å². The second-order valence-electron chi connectivity index (χ2n) is 16.7. The summed E-state index contributed by atoms with van der Waals surface area (Å²) < 4.78 is 16.7. The van der Waals surface area contributed by atoms with Crippen molar-refractivity contribution in [1.82, 2.24) is 0 Å². The lowest BCUT2D eigenvalue weighted by molar-refractivity contribution is -0.167. The van der Waals surface area contributed by atoms with Crippen LogP contribution in [0, 0.1) is 0 Å². The van der Waals surface area contributed by atoms with Gasteiger partial charge in [0.15, 0.2) is 6.10 Å². The van der Waals surface area contributed by atoms with Gasteiger partial charge in [-0.15, -0.1) is 0 Å². The van der Waals surface area contributed by atoms with E-state index in [2.05, 4.69) is 93.7 Å². The third-order valence-electron chi connectivity index (χ3n) is 10.7. The molecule has 0 spiro atoms. The van der Waals surface area contributed by atoms with Gasteiger partial charge >= 0.3 is 17.9 Å². The minimum absolute atomic E-state index is 0.0850. The Morgan fingerprint density at radius 3 is 1.03 bits per heavy atom. The van der Waals surface area contributed by atoms with Gasteiger partial charge in [-0.2, -0.15) is 0 Å². The quantitative estimate of drug-likeness (QED) is 0.0263. The van der Waals surface area contributed by atoms with Crippen molar-refractivity contribution in [2.24, 2.45) is 0 Å². The summed E-state index contributed by atoms with van der Waals surface area (Å²) in [5.41, 5.74) is 0. The Hall–Kier alpha value is -3.15. The van der Waals surface area contributed by atoms with Crippen LogP contribution in [0.5, 0.6) is 0 Å². The van der Waals surface area contributed by atoms with Crippen LogP contribution >= 0.6 is 0 Å². The first kappa shape index (κ1) is 57.9. The predicted molar refractivity (Wildman–Crippen MR) is 261 cm³/mol. The summed E-state index contributed by atoms with van der Waals surface area (Å²) in [6.07, 6.45) is 61.7. The fourth-order valence-electron chi connectivity index (χ4n) is 6.87. The standard InChI is InChI=1S/C55H94O6/c1-4-7-10-13-16-19-21-23-25-26-27-28-30-31-33-36-39-42-45-48-54(57)60-51-52(50-59-53(56)47-44-41-38-35-18-15-12-9-6-3)61-55(58)49-46-43-40-37-34-32-29-24-22-20-17-14-11-8-5-2/h7,10,16-17,19-20,23-25,27-29,52H,4-6,8-9,11-15,18,21-22,26,30-51H2,1-3H3/b10-7-,19-16-,20-17-,25-23-,28-27-,29-24-. The summed E-state index contributed by atoms with van der Waals surface area (Å²) in [5.74, 6) is -0.915. The van der Waals surface area contributed by atoms with E-state index in [1.165, 1.54) is 83.5 Å². The van der Waals surface area contributed by atoms with E-state index in [0.717, 1.165) is 116 Å². The van der Waals surface area contributed by atoms with E-state index < -0.39 is 6.10 Å². The van der Waals surface area contributed by atoms with Crippen molar-refractivity contribution >= 4 is 17.9 Å². The summed E-state index contributed by atoms with van der Waals surface area (Å²) in [5, 5.41) is 0. The monoisotopic (exact) mass is 851 g/mol. The Labute approximate surface area is 376 Å². The first-order valence-corrected chi connectivity index (χ1v) is 25.4. The lowest BCUT2D eigenvalue weighted by atomic mass is 10.1. The molecule has 0 rings (SSSR count). The van der Waals surface area contributed by atoms with Crippen LogP contribution in [-0.4, -0.2) is 37.2 Å². The van der Waals surface area contributed by atoms with E-state index in [4.69, 9.17) is 14.2 Å². The summed E-state index contributed by atoms with van der Waals surface area (Å²) in [4.78, 5) is 37.9. The molecule has 0 fully saturated rings. The van der Waals surface area contributed by atoms with Crippen LogP contribution in [-0.2, 0) is 28.6 Å². The molecule has 0 aliphatic heterocycles. The molecule has 0 bridgehead atoms. The number of esters is 3. The molecule has 350 valence electrons. The zero-order valence-corrected chi connectivity index (χ0v) is 39.9. The third kappa shape index (κ3) is 47.7. The minimum Gasteiger partial charge on any atom is -0.462 e. The molecule has 0 aliphatic rings. The molecule has 1 unspecified atom stereocenters. The van der Waals surface area contributed by atoms with Gasteiger partial charge in [-0.3, -0.25) is 14.4 Å². The Balaban J connectivity index is 4.37. The van der Waals surface area contributed by atoms with Crippen molar-refractivity contribution in [2.75, 3.05) is 13.2 Å².